The zero-order valence-electron chi connectivity index (χ0n) is 11.4. The van der Waals surface area contributed by atoms with Crippen LogP contribution in [0.2, 0.25) is 0 Å². The third-order valence-corrected chi connectivity index (χ3v) is 5.93. The molecule has 2 unspecified atom stereocenters. The van der Waals surface area contributed by atoms with Crippen molar-refractivity contribution in [2.24, 2.45) is 5.73 Å². The zero-order chi connectivity index (χ0) is 15.0. The summed E-state index contributed by atoms with van der Waals surface area (Å²) >= 11 is 0. The number of rotatable bonds is 3. The van der Waals surface area contributed by atoms with Crippen molar-refractivity contribution in [1.29, 1.82) is 0 Å². The molecule has 0 amide bonds. The fraction of sp³-hybridized carbons (Fsp3) is 0.250. The molecule has 0 spiro atoms. The number of benzene rings is 2. The third kappa shape index (κ3) is 2.47. The van der Waals surface area contributed by atoms with Crippen molar-refractivity contribution < 1.29 is 12.8 Å². The smallest absolute Gasteiger partial charge is 0.179 e. The Labute approximate surface area is 123 Å². The van der Waals surface area contributed by atoms with Crippen LogP contribution in [0.3, 0.4) is 0 Å². The molecule has 21 heavy (non-hydrogen) atoms. The number of fused-ring (bicyclic) bond motifs is 1. The molecule has 0 saturated heterocycles. The molecule has 0 bridgehead atoms. The van der Waals surface area contributed by atoms with Gasteiger partial charge in [0.25, 0.3) is 0 Å². The molecule has 0 saturated carbocycles. The quantitative estimate of drug-likeness (QED) is 0.947. The van der Waals surface area contributed by atoms with E-state index < -0.39 is 9.84 Å². The topological polar surface area (TPSA) is 60.2 Å². The van der Waals surface area contributed by atoms with Gasteiger partial charge in [-0.2, -0.15) is 0 Å². The summed E-state index contributed by atoms with van der Waals surface area (Å²) in [6, 6.07) is 13.2. The lowest BCUT2D eigenvalue weighted by atomic mass is 9.83. The molecule has 0 aliphatic carbocycles. The molecule has 2 aromatic carbocycles. The van der Waals surface area contributed by atoms with Crippen molar-refractivity contribution in [1.82, 2.24) is 0 Å². The highest BCUT2D eigenvalue weighted by atomic mass is 32.2. The van der Waals surface area contributed by atoms with Crippen LogP contribution in [0.15, 0.2) is 53.4 Å². The number of halogens is 1. The maximum absolute atomic E-state index is 13.1. The van der Waals surface area contributed by atoms with Crippen LogP contribution in [0.5, 0.6) is 0 Å². The van der Waals surface area contributed by atoms with Crippen LogP contribution in [-0.4, -0.2) is 20.7 Å². The SMILES string of the molecule is NCC(c1ccc(F)cc1)C1CS(=O)(=O)c2ccccc21. The number of nitrogens with two attached hydrogens (primary N) is 1. The molecular formula is C16H16FNO2S. The van der Waals surface area contributed by atoms with Crippen LogP contribution < -0.4 is 5.73 Å². The maximum atomic E-state index is 13.1. The predicted octanol–water partition coefficient (Wildman–Crippen LogP) is 2.44. The van der Waals surface area contributed by atoms with Crippen molar-refractivity contribution in [3.63, 3.8) is 0 Å². The third-order valence-electron chi connectivity index (χ3n) is 4.09. The Bertz CT molecular complexity index is 756. The molecule has 2 N–H and O–H groups in total. The van der Waals surface area contributed by atoms with Crippen molar-refractivity contribution in [2.45, 2.75) is 16.7 Å². The Kier molecular flexibility index (Phi) is 3.55. The summed E-state index contributed by atoms with van der Waals surface area (Å²) < 4.78 is 37.6. The standard InChI is InChI=1S/C16H16FNO2S/c17-12-7-5-11(6-8-12)14(9-18)15-10-21(19,20)16-4-2-1-3-13(15)16/h1-8,14-15H,9-10,18H2. The highest BCUT2D eigenvalue weighted by Crippen LogP contribution is 2.42. The van der Waals surface area contributed by atoms with Gasteiger partial charge in [0.1, 0.15) is 5.82 Å². The molecule has 2 aromatic rings. The van der Waals surface area contributed by atoms with Gasteiger partial charge in [-0.1, -0.05) is 30.3 Å². The van der Waals surface area contributed by atoms with Gasteiger partial charge in [-0.25, -0.2) is 12.8 Å². The first-order chi connectivity index (χ1) is 10.0. The molecule has 1 aliphatic rings. The van der Waals surface area contributed by atoms with Gasteiger partial charge in [0.15, 0.2) is 9.84 Å². The molecule has 5 heteroatoms. The van der Waals surface area contributed by atoms with E-state index in [0.29, 0.717) is 11.4 Å². The molecule has 1 aliphatic heterocycles. The highest BCUT2D eigenvalue weighted by molar-refractivity contribution is 7.91. The van der Waals surface area contributed by atoms with E-state index in [1.54, 1.807) is 24.3 Å². The lowest BCUT2D eigenvalue weighted by Crippen LogP contribution is -2.21. The molecule has 3 rings (SSSR count). The van der Waals surface area contributed by atoms with Crippen LogP contribution in [0, 0.1) is 5.82 Å². The summed E-state index contributed by atoms with van der Waals surface area (Å²) in [6.45, 7) is 0.320. The van der Waals surface area contributed by atoms with Crippen LogP contribution in [0.25, 0.3) is 0 Å². The average Bonchev–Trinajstić information content (AvgIpc) is 2.74. The number of hydrogen-bond donors (Lipinski definition) is 1. The zero-order valence-corrected chi connectivity index (χ0v) is 12.2. The molecule has 0 radical (unpaired) electrons. The Balaban J connectivity index is 2.05. The average molecular weight is 305 g/mol. The van der Waals surface area contributed by atoms with E-state index in [2.05, 4.69) is 0 Å². The Hall–Kier alpha value is -1.72. The van der Waals surface area contributed by atoms with E-state index >= 15 is 0 Å². The summed E-state index contributed by atoms with van der Waals surface area (Å²) in [4.78, 5) is 0.399. The summed E-state index contributed by atoms with van der Waals surface area (Å²) in [7, 11) is -3.26. The second-order valence-corrected chi connectivity index (χ2v) is 7.32. The van der Waals surface area contributed by atoms with Gasteiger partial charge < -0.3 is 5.73 Å². The molecule has 0 aromatic heterocycles. The van der Waals surface area contributed by atoms with E-state index in [9.17, 15) is 12.8 Å². The largest absolute Gasteiger partial charge is 0.330 e. The number of sulfone groups is 1. The van der Waals surface area contributed by atoms with Gasteiger partial charge >= 0.3 is 0 Å². The Morgan fingerprint density at radius 3 is 2.48 bits per heavy atom. The lowest BCUT2D eigenvalue weighted by Gasteiger charge is -2.22. The molecule has 3 nitrogen and oxygen atoms in total. The van der Waals surface area contributed by atoms with Crippen LogP contribution in [0.4, 0.5) is 4.39 Å². The molecule has 110 valence electrons. The number of hydrogen-bond acceptors (Lipinski definition) is 3. The second kappa shape index (κ2) is 5.24. The summed E-state index contributed by atoms with van der Waals surface area (Å²) in [5, 5.41) is 0. The first-order valence-electron chi connectivity index (χ1n) is 6.80. The van der Waals surface area contributed by atoms with Crippen molar-refractivity contribution in [3.05, 3.63) is 65.5 Å². The normalized spacial score (nSPS) is 21.0. The maximum Gasteiger partial charge on any atom is 0.179 e. The fourth-order valence-electron chi connectivity index (χ4n) is 3.06. The lowest BCUT2D eigenvalue weighted by molar-refractivity contribution is 0.570. The van der Waals surface area contributed by atoms with Gasteiger partial charge in [0, 0.05) is 11.8 Å². The van der Waals surface area contributed by atoms with Gasteiger partial charge in [-0.3, -0.25) is 0 Å². The first kappa shape index (κ1) is 14.2. The van der Waals surface area contributed by atoms with Gasteiger partial charge in [-0.05, 0) is 35.9 Å². The van der Waals surface area contributed by atoms with Crippen LogP contribution in [0.1, 0.15) is 23.0 Å². The van der Waals surface area contributed by atoms with Crippen LogP contribution >= 0.6 is 0 Å². The van der Waals surface area contributed by atoms with Gasteiger partial charge in [-0.15, -0.1) is 0 Å². The summed E-state index contributed by atoms with van der Waals surface area (Å²) in [5.41, 5.74) is 7.57. The Morgan fingerprint density at radius 2 is 1.81 bits per heavy atom. The minimum absolute atomic E-state index is 0.0611. The van der Waals surface area contributed by atoms with Crippen molar-refractivity contribution >= 4 is 9.84 Å². The molecule has 2 atom stereocenters. The van der Waals surface area contributed by atoms with E-state index in [-0.39, 0.29) is 23.4 Å². The van der Waals surface area contributed by atoms with E-state index in [0.717, 1.165) is 11.1 Å². The van der Waals surface area contributed by atoms with Gasteiger partial charge in [0.2, 0.25) is 0 Å². The van der Waals surface area contributed by atoms with E-state index in [1.165, 1.54) is 12.1 Å². The van der Waals surface area contributed by atoms with Crippen molar-refractivity contribution in [2.75, 3.05) is 12.3 Å². The minimum Gasteiger partial charge on any atom is -0.330 e. The molecular weight excluding hydrogens is 289 g/mol. The molecule has 0 fully saturated rings. The summed E-state index contributed by atoms with van der Waals surface area (Å²) in [5.74, 6) is -0.564. The van der Waals surface area contributed by atoms with Gasteiger partial charge in [0.05, 0.1) is 10.6 Å². The second-order valence-electron chi connectivity index (χ2n) is 5.32. The highest BCUT2D eigenvalue weighted by Gasteiger charge is 2.38. The fourth-order valence-corrected chi connectivity index (χ4v) is 4.99. The predicted molar refractivity (Wildman–Crippen MR) is 79.4 cm³/mol. The van der Waals surface area contributed by atoms with Crippen molar-refractivity contribution in [3.8, 4) is 0 Å². The molecule has 1 heterocycles. The summed E-state index contributed by atoms with van der Waals surface area (Å²) in [6.07, 6.45) is 0. The monoisotopic (exact) mass is 305 g/mol. The van der Waals surface area contributed by atoms with E-state index in [4.69, 9.17) is 5.73 Å². The van der Waals surface area contributed by atoms with Crippen LogP contribution in [-0.2, 0) is 9.84 Å². The Morgan fingerprint density at radius 1 is 1.14 bits per heavy atom. The first-order valence-corrected chi connectivity index (χ1v) is 8.45. The minimum atomic E-state index is -3.26. The van der Waals surface area contributed by atoms with E-state index in [1.807, 2.05) is 12.1 Å².